The van der Waals surface area contributed by atoms with Crippen LogP contribution in [0.15, 0.2) is 23.1 Å². The highest BCUT2D eigenvalue weighted by molar-refractivity contribution is 7.89. The Balaban J connectivity index is 2.31. The molecule has 0 spiro atoms. The summed E-state index contributed by atoms with van der Waals surface area (Å²) in [4.78, 5) is 2.24. The second-order valence-electron chi connectivity index (χ2n) is 5.63. The first-order chi connectivity index (χ1) is 10.9. The number of piperazine rings is 1. The van der Waals surface area contributed by atoms with Crippen molar-refractivity contribution in [3.8, 4) is 5.75 Å². The van der Waals surface area contributed by atoms with Crippen LogP contribution in [0.5, 0.6) is 5.75 Å². The molecule has 1 fully saturated rings. The number of ether oxygens (including phenoxy) is 1. The zero-order valence-corrected chi connectivity index (χ0v) is 14.4. The summed E-state index contributed by atoms with van der Waals surface area (Å²) in [7, 11) is -1.61. The van der Waals surface area contributed by atoms with Crippen LogP contribution in [0.1, 0.15) is 18.9 Å². The van der Waals surface area contributed by atoms with E-state index in [9.17, 15) is 8.42 Å². The lowest BCUT2D eigenvalue weighted by Gasteiger charge is -2.31. The molecule has 1 aliphatic rings. The van der Waals surface area contributed by atoms with Crippen molar-refractivity contribution in [2.75, 3.05) is 39.8 Å². The fraction of sp³-hybridized carbons (Fsp3) is 0.533. The summed E-state index contributed by atoms with van der Waals surface area (Å²) in [6, 6.07) is 4.53. The van der Waals surface area contributed by atoms with Crippen molar-refractivity contribution < 1.29 is 13.2 Å². The van der Waals surface area contributed by atoms with E-state index in [-0.39, 0.29) is 10.7 Å². The molecule has 0 aromatic heterocycles. The molecular formula is C15H24N4O3S. The number of benzene rings is 1. The molecular weight excluding hydrogens is 316 g/mol. The number of rotatable bonds is 6. The maximum atomic E-state index is 12.7. The van der Waals surface area contributed by atoms with E-state index in [1.165, 1.54) is 16.4 Å². The van der Waals surface area contributed by atoms with E-state index in [1.807, 2.05) is 14.0 Å². The van der Waals surface area contributed by atoms with Gasteiger partial charge >= 0.3 is 0 Å². The summed E-state index contributed by atoms with van der Waals surface area (Å²) in [5.74, 6) is 0.239. The van der Waals surface area contributed by atoms with Gasteiger partial charge in [-0.25, -0.2) is 8.42 Å². The fourth-order valence-electron chi connectivity index (χ4n) is 2.40. The van der Waals surface area contributed by atoms with Crippen molar-refractivity contribution in [3.05, 3.63) is 23.8 Å². The highest BCUT2D eigenvalue weighted by atomic mass is 32.2. The van der Waals surface area contributed by atoms with Crippen molar-refractivity contribution >= 4 is 15.9 Å². The van der Waals surface area contributed by atoms with Gasteiger partial charge < -0.3 is 15.4 Å². The van der Waals surface area contributed by atoms with Crippen LogP contribution in [-0.2, 0) is 10.0 Å². The number of sulfonamides is 1. The number of nitrogen functional groups attached to an aromatic ring is 1. The maximum absolute atomic E-state index is 12.7. The first kappa shape index (κ1) is 17.7. The van der Waals surface area contributed by atoms with Crippen LogP contribution in [0.4, 0.5) is 0 Å². The predicted molar refractivity (Wildman–Crippen MR) is 89.5 cm³/mol. The first-order valence-corrected chi connectivity index (χ1v) is 9.10. The van der Waals surface area contributed by atoms with Crippen LogP contribution in [0.3, 0.4) is 0 Å². The van der Waals surface area contributed by atoms with E-state index in [0.29, 0.717) is 44.1 Å². The van der Waals surface area contributed by atoms with Gasteiger partial charge in [0.2, 0.25) is 10.0 Å². The normalized spacial score (nSPS) is 17.1. The zero-order chi connectivity index (χ0) is 17.0. The average molecular weight is 340 g/mol. The van der Waals surface area contributed by atoms with Crippen molar-refractivity contribution in [2.24, 2.45) is 5.73 Å². The van der Waals surface area contributed by atoms with Crippen molar-refractivity contribution in [1.29, 1.82) is 5.41 Å². The summed E-state index contributed by atoms with van der Waals surface area (Å²) < 4.78 is 32.5. The molecule has 0 aliphatic carbocycles. The number of amidine groups is 1. The molecule has 0 unspecified atom stereocenters. The SMILES string of the molecule is CCCOc1ccc(S(=O)(=O)N2CCN(C)CC2)cc1C(=N)N. The van der Waals surface area contributed by atoms with Gasteiger partial charge in [0.15, 0.2) is 0 Å². The first-order valence-electron chi connectivity index (χ1n) is 7.66. The van der Waals surface area contributed by atoms with Crippen LogP contribution in [0.25, 0.3) is 0 Å². The molecule has 3 N–H and O–H groups in total. The summed E-state index contributed by atoms with van der Waals surface area (Å²) in [5.41, 5.74) is 5.90. The van der Waals surface area contributed by atoms with E-state index in [0.717, 1.165) is 6.42 Å². The van der Waals surface area contributed by atoms with Gasteiger partial charge in [-0.05, 0) is 31.7 Å². The standard InChI is InChI=1S/C15H24N4O3S/c1-3-10-22-14-5-4-12(11-13(14)15(16)17)23(20,21)19-8-6-18(2)7-9-19/h4-5,11H,3,6-10H2,1-2H3,(H3,16,17). The lowest BCUT2D eigenvalue weighted by Crippen LogP contribution is -2.47. The van der Waals surface area contributed by atoms with Crippen molar-refractivity contribution in [2.45, 2.75) is 18.2 Å². The van der Waals surface area contributed by atoms with Crippen LogP contribution in [-0.4, -0.2) is 63.3 Å². The fourth-order valence-corrected chi connectivity index (χ4v) is 3.84. The molecule has 8 heteroatoms. The lowest BCUT2D eigenvalue weighted by atomic mass is 10.2. The Morgan fingerprint density at radius 2 is 1.96 bits per heavy atom. The molecule has 0 saturated carbocycles. The Hall–Kier alpha value is -1.64. The minimum atomic E-state index is -3.58. The van der Waals surface area contributed by atoms with Gasteiger partial charge in [-0.15, -0.1) is 0 Å². The number of hydrogen-bond acceptors (Lipinski definition) is 5. The van der Waals surface area contributed by atoms with E-state index in [4.69, 9.17) is 15.9 Å². The Morgan fingerprint density at radius 3 is 2.52 bits per heavy atom. The van der Waals surface area contributed by atoms with Gasteiger partial charge in [-0.3, -0.25) is 5.41 Å². The quantitative estimate of drug-likeness (QED) is 0.586. The van der Waals surface area contributed by atoms with E-state index >= 15 is 0 Å². The number of nitrogens with zero attached hydrogens (tertiary/aromatic N) is 2. The minimum absolute atomic E-state index is 0.149. The summed E-state index contributed by atoms with van der Waals surface area (Å²) >= 11 is 0. The van der Waals surface area contributed by atoms with Crippen molar-refractivity contribution in [3.63, 3.8) is 0 Å². The molecule has 1 aromatic carbocycles. The smallest absolute Gasteiger partial charge is 0.243 e. The molecule has 1 aliphatic heterocycles. The Labute approximate surface area is 137 Å². The van der Waals surface area contributed by atoms with Crippen LogP contribution < -0.4 is 10.5 Å². The second-order valence-corrected chi connectivity index (χ2v) is 7.57. The van der Waals surface area contributed by atoms with Gasteiger partial charge in [-0.1, -0.05) is 6.92 Å². The summed E-state index contributed by atoms with van der Waals surface area (Å²) in [6.45, 7) is 4.79. The second kappa shape index (κ2) is 7.29. The van der Waals surface area contributed by atoms with E-state index in [1.54, 1.807) is 6.07 Å². The monoisotopic (exact) mass is 340 g/mol. The van der Waals surface area contributed by atoms with E-state index in [2.05, 4.69) is 4.90 Å². The Kier molecular flexibility index (Phi) is 5.61. The molecule has 7 nitrogen and oxygen atoms in total. The van der Waals surface area contributed by atoms with Gasteiger partial charge in [-0.2, -0.15) is 4.31 Å². The van der Waals surface area contributed by atoms with Gasteiger partial charge in [0.05, 0.1) is 17.1 Å². The van der Waals surface area contributed by atoms with Crippen LogP contribution in [0.2, 0.25) is 0 Å². The third kappa shape index (κ3) is 4.01. The molecule has 1 saturated heterocycles. The number of hydrogen-bond donors (Lipinski definition) is 2. The number of nitrogens with one attached hydrogen (secondary N) is 1. The molecule has 2 rings (SSSR count). The Bertz CT molecular complexity index is 667. The van der Waals surface area contributed by atoms with Gasteiger partial charge in [0.25, 0.3) is 0 Å². The Morgan fingerprint density at radius 1 is 1.30 bits per heavy atom. The molecule has 0 atom stereocenters. The molecule has 0 amide bonds. The molecule has 128 valence electrons. The third-order valence-corrected chi connectivity index (χ3v) is 5.70. The van der Waals surface area contributed by atoms with Crippen LogP contribution >= 0.6 is 0 Å². The lowest BCUT2D eigenvalue weighted by molar-refractivity contribution is 0.222. The summed E-state index contributed by atoms with van der Waals surface area (Å²) in [5, 5.41) is 7.67. The van der Waals surface area contributed by atoms with Gasteiger partial charge in [0, 0.05) is 26.2 Å². The highest BCUT2D eigenvalue weighted by Gasteiger charge is 2.28. The third-order valence-electron chi connectivity index (χ3n) is 3.80. The molecule has 0 bridgehead atoms. The largest absolute Gasteiger partial charge is 0.493 e. The minimum Gasteiger partial charge on any atom is -0.493 e. The topological polar surface area (TPSA) is 99.7 Å². The van der Waals surface area contributed by atoms with Crippen LogP contribution in [0, 0.1) is 5.41 Å². The van der Waals surface area contributed by atoms with Crippen molar-refractivity contribution in [1.82, 2.24) is 9.21 Å². The molecule has 1 heterocycles. The molecule has 23 heavy (non-hydrogen) atoms. The zero-order valence-electron chi connectivity index (χ0n) is 13.6. The predicted octanol–water partition coefficient (Wildman–Crippen LogP) is 0.696. The number of nitrogens with two attached hydrogens (primary N) is 1. The van der Waals surface area contributed by atoms with E-state index < -0.39 is 10.0 Å². The highest BCUT2D eigenvalue weighted by Crippen LogP contribution is 2.25. The summed E-state index contributed by atoms with van der Waals surface area (Å²) in [6.07, 6.45) is 0.818. The maximum Gasteiger partial charge on any atom is 0.243 e. The number of likely N-dealkylation sites (N-methyl/N-ethyl adjacent to an activating group) is 1. The van der Waals surface area contributed by atoms with Gasteiger partial charge in [0.1, 0.15) is 11.6 Å². The average Bonchev–Trinajstić information content (AvgIpc) is 2.53. The molecule has 0 radical (unpaired) electrons. The molecule has 1 aromatic rings.